The molecule has 0 aromatic carbocycles. The van der Waals surface area contributed by atoms with E-state index in [0.29, 0.717) is 17.5 Å². The van der Waals surface area contributed by atoms with Crippen LogP contribution in [0.25, 0.3) is 0 Å². The molecule has 2 unspecified atom stereocenters. The highest BCUT2D eigenvalue weighted by molar-refractivity contribution is 7.12. The predicted octanol–water partition coefficient (Wildman–Crippen LogP) is 3.36. The first-order chi connectivity index (χ1) is 8.56. The molecule has 1 aliphatic rings. The molecule has 1 aromatic rings. The quantitative estimate of drug-likeness (QED) is 0.879. The second kappa shape index (κ2) is 5.85. The molecule has 0 saturated heterocycles. The van der Waals surface area contributed by atoms with Crippen molar-refractivity contribution in [3.63, 3.8) is 0 Å². The lowest BCUT2D eigenvalue weighted by atomic mass is 9.80. The molecule has 0 spiro atoms. The molecular weight excluding hydrogens is 246 g/mol. The molecule has 4 heteroatoms. The smallest absolute Gasteiger partial charge is 0.346 e. The summed E-state index contributed by atoms with van der Waals surface area (Å²) in [6.07, 6.45) is 3.73. The van der Waals surface area contributed by atoms with Crippen molar-refractivity contribution in [1.82, 2.24) is 5.32 Å². The van der Waals surface area contributed by atoms with E-state index in [2.05, 4.69) is 19.2 Å². The molecule has 3 nitrogen and oxygen atoms in total. The van der Waals surface area contributed by atoms with E-state index in [-0.39, 0.29) is 0 Å². The molecule has 1 fully saturated rings. The van der Waals surface area contributed by atoms with E-state index in [1.165, 1.54) is 30.6 Å². The second-order valence-corrected chi connectivity index (χ2v) is 6.49. The normalized spacial score (nSPS) is 28.2. The van der Waals surface area contributed by atoms with Gasteiger partial charge in [0.25, 0.3) is 0 Å². The third-order valence-corrected chi connectivity index (χ3v) is 4.65. The average molecular weight is 267 g/mol. The Hall–Kier alpha value is -0.870. The second-order valence-electron chi connectivity index (χ2n) is 5.58. The standard InChI is InChI=1S/C14H21NO2S/c1-9-5-10(2)7-12(6-9)15-8-11-3-4-18-13(11)14(16)17/h3-4,9-10,12,15H,5-8H2,1-2H3,(H,16,17). The zero-order valence-electron chi connectivity index (χ0n) is 11.0. The molecule has 2 atom stereocenters. The third kappa shape index (κ3) is 3.33. The van der Waals surface area contributed by atoms with Gasteiger partial charge in [-0.25, -0.2) is 4.79 Å². The molecule has 18 heavy (non-hydrogen) atoms. The molecule has 1 heterocycles. The van der Waals surface area contributed by atoms with Crippen LogP contribution in [-0.4, -0.2) is 17.1 Å². The number of carboxylic acids is 1. The maximum Gasteiger partial charge on any atom is 0.346 e. The first-order valence-corrected chi connectivity index (χ1v) is 7.47. The summed E-state index contributed by atoms with van der Waals surface area (Å²) in [6.45, 7) is 5.28. The molecule has 2 N–H and O–H groups in total. The van der Waals surface area contributed by atoms with Crippen LogP contribution in [0.15, 0.2) is 11.4 Å². The van der Waals surface area contributed by atoms with Crippen LogP contribution < -0.4 is 5.32 Å². The summed E-state index contributed by atoms with van der Waals surface area (Å²) in [6, 6.07) is 2.45. The monoisotopic (exact) mass is 267 g/mol. The van der Waals surface area contributed by atoms with Crippen molar-refractivity contribution in [2.45, 2.75) is 45.7 Å². The Bertz CT molecular complexity index is 406. The lowest BCUT2D eigenvalue weighted by Crippen LogP contribution is -2.36. The fourth-order valence-corrected chi connectivity index (χ4v) is 3.79. The molecule has 0 aliphatic heterocycles. The van der Waals surface area contributed by atoms with Crippen LogP contribution in [0.3, 0.4) is 0 Å². The summed E-state index contributed by atoms with van der Waals surface area (Å²) in [7, 11) is 0. The van der Waals surface area contributed by atoms with Crippen molar-refractivity contribution in [2.24, 2.45) is 11.8 Å². The van der Waals surface area contributed by atoms with Gasteiger partial charge in [0.2, 0.25) is 0 Å². The minimum Gasteiger partial charge on any atom is -0.477 e. The van der Waals surface area contributed by atoms with Gasteiger partial charge in [-0.2, -0.15) is 0 Å². The largest absolute Gasteiger partial charge is 0.477 e. The van der Waals surface area contributed by atoms with Gasteiger partial charge in [0.1, 0.15) is 4.88 Å². The van der Waals surface area contributed by atoms with Crippen LogP contribution >= 0.6 is 11.3 Å². The first-order valence-electron chi connectivity index (χ1n) is 6.59. The fourth-order valence-electron chi connectivity index (χ4n) is 3.03. The Morgan fingerprint density at radius 3 is 2.67 bits per heavy atom. The van der Waals surface area contributed by atoms with Crippen molar-refractivity contribution in [3.05, 3.63) is 21.9 Å². The van der Waals surface area contributed by atoms with Gasteiger partial charge in [-0.05, 0) is 48.1 Å². The van der Waals surface area contributed by atoms with Crippen LogP contribution in [0.5, 0.6) is 0 Å². The molecular formula is C14H21NO2S. The van der Waals surface area contributed by atoms with Crippen LogP contribution in [0.2, 0.25) is 0 Å². The van der Waals surface area contributed by atoms with E-state index in [1.807, 2.05) is 11.4 Å². The van der Waals surface area contributed by atoms with E-state index in [9.17, 15) is 4.79 Å². The third-order valence-electron chi connectivity index (χ3n) is 3.70. The lowest BCUT2D eigenvalue weighted by molar-refractivity contribution is 0.0700. The van der Waals surface area contributed by atoms with Crippen LogP contribution in [0.4, 0.5) is 0 Å². The summed E-state index contributed by atoms with van der Waals surface area (Å²) in [5, 5.41) is 14.4. The van der Waals surface area contributed by atoms with Gasteiger partial charge in [-0.1, -0.05) is 13.8 Å². The van der Waals surface area contributed by atoms with E-state index in [0.717, 1.165) is 17.4 Å². The Balaban J connectivity index is 1.91. The number of carboxylic acid groups (broad SMARTS) is 1. The van der Waals surface area contributed by atoms with E-state index < -0.39 is 5.97 Å². The van der Waals surface area contributed by atoms with Gasteiger partial charge >= 0.3 is 5.97 Å². The van der Waals surface area contributed by atoms with Crippen molar-refractivity contribution in [2.75, 3.05) is 0 Å². The molecule has 1 aliphatic carbocycles. The van der Waals surface area contributed by atoms with Crippen molar-refractivity contribution < 1.29 is 9.90 Å². The highest BCUT2D eigenvalue weighted by Gasteiger charge is 2.23. The molecule has 0 bridgehead atoms. The number of hydrogen-bond acceptors (Lipinski definition) is 3. The average Bonchev–Trinajstić information content (AvgIpc) is 2.73. The SMILES string of the molecule is CC1CC(C)CC(NCc2ccsc2C(=O)O)C1. The molecule has 0 radical (unpaired) electrons. The highest BCUT2D eigenvalue weighted by Crippen LogP contribution is 2.29. The maximum absolute atomic E-state index is 11.0. The number of nitrogens with one attached hydrogen (secondary N) is 1. The molecule has 1 aromatic heterocycles. The Kier molecular flexibility index (Phi) is 4.40. The van der Waals surface area contributed by atoms with Gasteiger partial charge in [0.15, 0.2) is 0 Å². The van der Waals surface area contributed by atoms with Crippen LogP contribution in [0, 0.1) is 11.8 Å². The minimum atomic E-state index is -0.813. The number of hydrogen-bond donors (Lipinski definition) is 2. The molecule has 2 rings (SSSR count). The maximum atomic E-state index is 11.0. The van der Waals surface area contributed by atoms with Gasteiger partial charge < -0.3 is 10.4 Å². The number of carbonyl (C=O) groups is 1. The lowest BCUT2D eigenvalue weighted by Gasteiger charge is -2.32. The number of thiophene rings is 1. The summed E-state index contributed by atoms with van der Waals surface area (Å²) < 4.78 is 0. The molecule has 0 amide bonds. The Morgan fingerprint density at radius 2 is 2.06 bits per heavy atom. The summed E-state index contributed by atoms with van der Waals surface area (Å²) in [5.74, 6) is 0.729. The van der Waals surface area contributed by atoms with Gasteiger partial charge in [0.05, 0.1) is 0 Å². The predicted molar refractivity (Wildman–Crippen MR) is 74.1 cm³/mol. The van der Waals surface area contributed by atoms with E-state index in [1.54, 1.807) is 0 Å². The van der Waals surface area contributed by atoms with Gasteiger partial charge in [0, 0.05) is 12.6 Å². The van der Waals surface area contributed by atoms with E-state index >= 15 is 0 Å². The zero-order chi connectivity index (χ0) is 13.1. The zero-order valence-corrected chi connectivity index (χ0v) is 11.8. The fraction of sp³-hybridized carbons (Fsp3) is 0.643. The summed E-state index contributed by atoms with van der Waals surface area (Å²) in [5.41, 5.74) is 0.915. The van der Waals surface area contributed by atoms with Gasteiger partial charge in [-0.15, -0.1) is 11.3 Å². The molecule has 100 valence electrons. The van der Waals surface area contributed by atoms with Crippen LogP contribution in [-0.2, 0) is 6.54 Å². The molecule has 1 saturated carbocycles. The topological polar surface area (TPSA) is 49.3 Å². The number of rotatable bonds is 4. The minimum absolute atomic E-state index is 0.472. The number of aromatic carboxylic acids is 1. The Labute approximate surface area is 112 Å². The van der Waals surface area contributed by atoms with Crippen molar-refractivity contribution in [1.29, 1.82) is 0 Å². The van der Waals surface area contributed by atoms with Crippen molar-refractivity contribution in [3.8, 4) is 0 Å². The summed E-state index contributed by atoms with van der Waals surface area (Å²) in [4.78, 5) is 11.5. The van der Waals surface area contributed by atoms with Crippen molar-refractivity contribution >= 4 is 17.3 Å². The highest BCUT2D eigenvalue weighted by atomic mass is 32.1. The first kappa shape index (κ1) is 13.6. The van der Waals surface area contributed by atoms with Gasteiger partial charge in [-0.3, -0.25) is 0 Å². The Morgan fingerprint density at radius 1 is 1.39 bits per heavy atom. The van der Waals surface area contributed by atoms with E-state index in [4.69, 9.17) is 5.11 Å². The van der Waals surface area contributed by atoms with Crippen LogP contribution in [0.1, 0.15) is 48.3 Å². The summed E-state index contributed by atoms with van der Waals surface area (Å²) >= 11 is 1.31.